The topological polar surface area (TPSA) is 56.8 Å². The monoisotopic (exact) mass is 341 g/mol. The van der Waals surface area contributed by atoms with E-state index in [1.165, 1.54) is 0 Å². The third kappa shape index (κ3) is 5.57. The third-order valence-electron chi connectivity index (χ3n) is 3.36. The lowest BCUT2D eigenvalue weighted by Crippen LogP contribution is -2.30. The molecule has 0 fully saturated rings. The van der Waals surface area contributed by atoms with Crippen molar-refractivity contribution in [1.29, 1.82) is 0 Å². The van der Waals surface area contributed by atoms with E-state index in [0.29, 0.717) is 23.8 Å². The minimum atomic E-state index is -0.664. The number of hydrogen-bond acceptors (Lipinski definition) is 4. The van der Waals surface area contributed by atoms with Crippen LogP contribution in [0.2, 0.25) is 0 Å². The van der Waals surface area contributed by atoms with Crippen LogP contribution in [0.3, 0.4) is 0 Å². The van der Waals surface area contributed by atoms with Crippen LogP contribution in [-0.4, -0.2) is 25.7 Å². The van der Waals surface area contributed by atoms with E-state index in [0.717, 1.165) is 11.3 Å². The first-order chi connectivity index (χ1) is 12.0. The standard InChI is InChI=1S/C20H23NO4/c1-14(2)13-24-19-8-6-5-7-18(19)21-20(22)15(3)25-17-11-9-16(23-4)10-12-17/h5-12,15H,1,13H2,2-4H3,(H,21,22)/t15-/m0/s1. The van der Waals surface area contributed by atoms with E-state index >= 15 is 0 Å². The highest BCUT2D eigenvalue weighted by Gasteiger charge is 2.16. The van der Waals surface area contributed by atoms with Crippen molar-refractivity contribution in [2.75, 3.05) is 19.0 Å². The van der Waals surface area contributed by atoms with Crippen LogP contribution in [0.4, 0.5) is 5.69 Å². The van der Waals surface area contributed by atoms with Crippen molar-refractivity contribution in [2.24, 2.45) is 0 Å². The van der Waals surface area contributed by atoms with Gasteiger partial charge >= 0.3 is 0 Å². The number of hydrogen-bond donors (Lipinski definition) is 1. The van der Waals surface area contributed by atoms with Gasteiger partial charge in [0.25, 0.3) is 5.91 Å². The van der Waals surface area contributed by atoms with Gasteiger partial charge in [0.2, 0.25) is 0 Å². The van der Waals surface area contributed by atoms with Gasteiger partial charge in [0.15, 0.2) is 6.10 Å². The van der Waals surface area contributed by atoms with E-state index in [2.05, 4.69) is 11.9 Å². The van der Waals surface area contributed by atoms with E-state index in [4.69, 9.17) is 14.2 Å². The summed E-state index contributed by atoms with van der Waals surface area (Å²) in [5.74, 6) is 1.65. The summed E-state index contributed by atoms with van der Waals surface area (Å²) >= 11 is 0. The summed E-state index contributed by atoms with van der Waals surface area (Å²) in [5.41, 5.74) is 1.50. The lowest BCUT2D eigenvalue weighted by Gasteiger charge is -2.17. The number of nitrogens with one attached hydrogen (secondary N) is 1. The summed E-state index contributed by atoms with van der Waals surface area (Å²) in [6.45, 7) is 7.77. The maximum absolute atomic E-state index is 12.4. The largest absolute Gasteiger partial charge is 0.497 e. The molecule has 1 atom stereocenters. The number of para-hydroxylation sites is 2. The molecule has 0 heterocycles. The second-order valence-electron chi connectivity index (χ2n) is 5.67. The van der Waals surface area contributed by atoms with Gasteiger partial charge in [-0.2, -0.15) is 0 Å². The minimum Gasteiger partial charge on any atom is -0.497 e. The van der Waals surface area contributed by atoms with Crippen LogP contribution in [0.25, 0.3) is 0 Å². The van der Waals surface area contributed by atoms with E-state index in [1.54, 1.807) is 50.4 Å². The number of carbonyl (C=O) groups is 1. The summed E-state index contributed by atoms with van der Waals surface area (Å²) in [5, 5.41) is 2.83. The zero-order valence-electron chi connectivity index (χ0n) is 14.7. The number of methoxy groups -OCH3 is 1. The van der Waals surface area contributed by atoms with Crippen LogP contribution in [0.1, 0.15) is 13.8 Å². The highest BCUT2D eigenvalue weighted by Crippen LogP contribution is 2.25. The molecule has 1 N–H and O–H groups in total. The molecule has 1 amide bonds. The summed E-state index contributed by atoms with van der Waals surface area (Å²) in [7, 11) is 1.60. The molecule has 2 rings (SSSR count). The Balaban J connectivity index is 1.99. The SMILES string of the molecule is C=C(C)COc1ccccc1NC(=O)[C@H](C)Oc1ccc(OC)cc1. The van der Waals surface area contributed by atoms with Crippen molar-refractivity contribution in [2.45, 2.75) is 20.0 Å². The first-order valence-electron chi connectivity index (χ1n) is 7.97. The number of benzene rings is 2. The molecule has 5 nitrogen and oxygen atoms in total. The van der Waals surface area contributed by atoms with Crippen LogP contribution >= 0.6 is 0 Å². The average molecular weight is 341 g/mol. The van der Waals surface area contributed by atoms with Crippen LogP contribution < -0.4 is 19.5 Å². The van der Waals surface area contributed by atoms with Crippen molar-refractivity contribution in [3.8, 4) is 17.2 Å². The maximum atomic E-state index is 12.4. The molecule has 0 saturated heterocycles. The zero-order valence-corrected chi connectivity index (χ0v) is 14.7. The molecule has 0 unspecified atom stereocenters. The Labute approximate surface area is 148 Å². The Morgan fingerprint density at radius 3 is 2.40 bits per heavy atom. The van der Waals surface area contributed by atoms with Crippen molar-refractivity contribution >= 4 is 11.6 Å². The quantitative estimate of drug-likeness (QED) is 0.736. The van der Waals surface area contributed by atoms with Gasteiger partial charge in [-0.3, -0.25) is 4.79 Å². The molecule has 2 aromatic rings. The van der Waals surface area contributed by atoms with Gasteiger partial charge in [0.05, 0.1) is 12.8 Å². The zero-order chi connectivity index (χ0) is 18.2. The summed E-state index contributed by atoms with van der Waals surface area (Å²) in [6, 6.07) is 14.3. The first kappa shape index (κ1) is 18.4. The molecule has 5 heteroatoms. The highest BCUT2D eigenvalue weighted by atomic mass is 16.5. The predicted molar refractivity (Wildman–Crippen MR) is 98.5 cm³/mol. The van der Waals surface area contributed by atoms with Gasteiger partial charge in [-0.25, -0.2) is 0 Å². The molecule has 0 bridgehead atoms. The van der Waals surface area contributed by atoms with E-state index in [9.17, 15) is 4.79 Å². The van der Waals surface area contributed by atoms with Crippen molar-refractivity contribution in [3.05, 3.63) is 60.7 Å². The highest BCUT2D eigenvalue weighted by molar-refractivity contribution is 5.95. The average Bonchev–Trinajstić information content (AvgIpc) is 2.61. The fraction of sp³-hybridized carbons (Fsp3) is 0.250. The molecular formula is C20H23NO4. The van der Waals surface area contributed by atoms with E-state index < -0.39 is 6.10 Å². The Hall–Kier alpha value is -2.95. The number of rotatable bonds is 8. The normalized spacial score (nSPS) is 11.3. The van der Waals surface area contributed by atoms with Gasteiger partial charge in [-0.1, -0.05) is 18.7 Å². The van der Waals surface area contributed by atoms with Crippen molar-refractivity contribution in [3.63, 3.8) is 0 Å². The molecular weight excluding hydrogens is 318 g/mol. The fourth-order valence-electron chi connectivity index (χ4n) is 2.04. The summed E-state index contributed by atoms with van der Waals surface area (Å²) in [6.07, 6.45) is -0.664. The lowest BCUT2D eigenvalue weighted by atomic mass is 10.2. The van der Waals surface area contributed by atoms with Crippen molar-refractivity contribution in [1.82, 2.24) is 0 Å². The predicted octanol–water partition coefficient (Wildman–Crippen LogP) is 4.06. The minimum absolute atomic E-state index is 0.262. The Bertz CT molecular complexity index is 725. The summed E-state index contributed by atoms with van der Waals surface area (Å²) in [4.78, 5) is 12.4. The smallest absolute Gasteiger partial charge is 0.265 e. The molecule has 0 aliphatic carbocycles. The molecule has 0 spiro atoms. The first-order valence-corrected chi connectivity index (χ1v) is 7.97. The lowest BCUT2D eigenvalue weighted by molar-refractivity contribution is -0.122. The molecule has 0 aliphatic heterocycles. The van der Waals surface area contributed by atoms with Gasteiger partial charge < -0.3 is 19.5 Å². The molecule has 132 valence electrons. The maximum Gasteiger partial charge on any atom is 0.265 e. The molecule has 0 aliphatic rings. The second-order valence-corrected chi connectivity index (χ2v) is 5.67. The molecule has 25 heavy (non-hydrogen) atoms. The molecule has 2 aromatic carbocycles. The fourth-order valence-corrected chi connectivity index (χ4v) is 2.04. The van der Waals surface area contributed by atoms with E-state index in [1.807, 2.05) is 19.1 Å². The van der Waals surface area contributed by atoms with Crippen LogP contribution in [0.15, 0.2) is 60.7 Å². The van der Waals surface area contributed by atoms with Crippen LogP contribution in [-0.2, 0) is 4.79 Å². The molecule has 0 saturated carbocycles. The van der Waals surface area contributed by atoms with E-state index in [-0.39, 0.29) is 5.91 Å². The number of ether oxygens (including phenoxy) is 3. The Morgan fingerprint density at radius 1 is 1.12 bits per heavy atom. The number of amides is 1. The van der Waals surface area contributed by atoms with Crippen LogP contribution in [0.5, 0.6) is 17.2 Å². The third-order valence-corrected chi connectivity index (χ3v) is 3.36. The summed E-state index contributed by atoms with van der Waals surface area (Å²) < 4.78 is 16.4. The van der Waals surface area contributed by atoms with Gasteiger partial charge in [-0.05, 0) is 55.8 Å². The molecule has 0 radical (unpaired) electrons. The number of carbonyl (C=O) groups excluding carboxylic acids is 1. The van der Waals surface area contributed by atoms with Crippen molar-refractivity contribution < 1.29 is 19.0 Å². The number of anilines is 1. The van der Waals surface area contributed by atoms with Gasteiger partial charge in [-0.15, -0.1) is 0 Å². The van der Waals surface area contributed by atoms with Crippen LogP contribution in [0, 0.1) is 0 Å². The Morgan fingerprint density at radius 2 is 1.76 bits per heavy atom. The second kappa shape index (κ2) is 8.78. The van der Waals surface area contributed by atoms with Gasteiger partial charge in [0, 0.05) is 0 Å². The Kier molecular flexibility index (Phi) is 6.46. The van der Waals surface area contributed by atoms with Gasteiger partial charge in [0.1, 0.15) is 23.9 Å². The molecule has 0 aromatic heterocycles.